The van der Waals surface area contributed by atoms with Gasteiger partial charge in [0.15, 0.2) is 0 Å². The summed E-state index contributed by atoms with van der Waals surface area (Å²) >= 11 is 0. The third-order valence-corrected chi connectivity index (χ3v) is 3.20. The van der Waals surface area contributed by atoms with E-state index in [4.69, 9.17) is 5.11 Å². The molecule has 1 aliphatic carbocycles. The molecule has 0 bridgehead atoms. The minimum absolute atomic E-state index is 0.551. The van der Waals surface area contributed by atoms with Crippen LogP contribution in [-0.2, 0) is 16.6 Å². The van der Waals surface area contributed by atoms with Gasteiger partial charge in [0.1, 0.15) is 0 Å². The highest BCUT2D eigenvalue weighted by molar-refractivity contribution is 5.84. The second-order valence-electron chi connectivity index (χ2n) is 4.33. The van der Waals surface area contributed by atoms with E-state index < -0.39 is 11.4 Å². The predicted octanol–water partition coefficient (Wildman–Crippen LogP) is 2.76. The molecule has 0 aliphatic heterocycles. The molecule has 2 nitrogen and oxygen atoms in total. The Balaban J connectivity index is 2.20. The van der Waals surface area contributed by atoms with Crippen LogP contribution in [0.25, 0.3) is 0 Å². The van der Waals surface area contributed by atoms with Crippen molar-refractivity contribution in [3.8, 4) is 0 Å². The van der Waals surface area contributed by atoms with Gasteiger partial charge < -0.3 is 5.11 Å². The Morgan fingerprint density at radius 3 is 2.33 bits per heavy atom. The molecule has 0 spiro atoms. The van der Waals surface area contributed by atoms with Gasteiger partial charge >= 0.3 is 5.97 Å². The summed E-state index contributed by atoms with van der Waals surface area (Å²) in [5.74, 6) is -0.675. The molecule has 15 heavy (non-hydrogen) atoms. The molecular formula is C13H16O2. The summed E-state index contributed by atoms with van der Waals surface area (Å²) in [6.45, 7) is 2.15. The van der Waals surface area contributed by atoms with Crippen molar-refractivity contribution in [1.29, 1.82) is 0 Å². The molecule has 1 fully saturated rings. The van der Waals surface area contributed by atoms with Crippen molar-refractivity contribution in [3.63, 3.8) is 0 Å². The minimum atomic E-state index is -0.675. The summed E-state index contributed by atoms with van der Waals surface area (Å²) in [5, 5.41) is 9.13. The van der Waals surface area contributed by atoms with Crippen LogP contribution in [-0.4, -0.2) is 11.1 Å². The number of hydrogen-bond acceptors (Lipinski definition) is 1. The maximum absolute atomic E-state index is 11.1. The largest absolute Gasteiger partial charge is 0.481 e. The molecule has 0 unspecified atom stereocenters. The van der Waals surface area contributed by atoms with Crippen molar-refractivity contribution < 1.29 is 9.90 Å². The van der Waals surface area contributed by atoms with E-state index in [-0.39, 0.29) is 0 Å². The smallest absolute Gasteiger partial charge is 0.314 e. The molecule has 0 atom stereocenters. The number of benzene rings is 1. The number of aryl methyl sites for hydroxylation is 1. The lowest BCUT2D eigenvalue weighted by molar-refractivity contribution is -0.140. The Labute approximate surface area is 89.9 Å². The standard InChI is InChI=1S/C13H16O2/c1-2-3-10-4-6-11(7-5-10)13(8-9-13)12(14)15/h4-7H,2-3,8-9H2,1H3,(H,14,15). The second kappa shape index (κ2) is 3.69. The monoisotopic (exact) mass is 204 g/mol. The van der Waals surface area contributed by atoms with Gasteiger partial charge in [0.25, 0.3) is 0 Å². The quantitative estimate of drug-likeness (QED) is 0.818. The first-order valence-electron chi connectivity index (χ1n) is 5.52. The van der Waals surface area contributed by atoms with Crippen molar-refractivity contribution in [2.45, 2.75) is 38.0 Å². The van der Waals surface area contributed by atoms with Crippen molar-refractivity contribution >= 4 is 5.97 Å². The second-order valence-corrected chi connectivity index (χ2v) is 4.33. The summed E-state index contributed by atoms with van der Waals surface area (Å²) in [5.41, 5.74) is 1.71. The number of hydrogen-bond donors (Lipinski definition) is 1. The molecule has 0 aromatic heterocycles. The van der Waals surface area contributed by atoms with Crippen molar-refractivity contribution in [2.75, 3.05) is 0 Å². The Morgan fingerprint density at radius 1 is 1.33 bits per heavy atom. The van der Waals surface area contributed by atoms with Crippen molar-refractivity contribution in [3.05, 3.63) is 35.4 Å². The first-order valence-corrected chi connectivity index (χ1v) is 5.52. The van der Waals surface area contributed by atoms with E-state index in [9.17, 15) is 4.79 Å². The normalized spacial score (nSPS) is 17.4. The Bertz CT molecular complexity index is 361. The molecule has 0 heterocycles. The van der Waals surface area contributed by atoms with Crippen LogP contribution < -0.4 is 0 Å². The van der Waals surface area contributed by atoms with E-state index in [0.717, 1.165) is 31.2 Å². The van der Waals surface area contributed by atoms with Crippen molar-refractivity contribution in [2.24, 2.45) is 0 Å². The highest BCUT2D eigenvalue weighted by atomic mass is 16.4. The number of carboxylic acid groups (broad SMARTS) is 1. The Kier molecular flexibility index (Phi) is 2.51. The third kappa shape index (κ3) is 1.76. The van der Waals surface area contributed by atoms with E-state index >= 15 is 0 Å². The average molecular weight is 204 g/mol. The molecule has 1 aromatic rings. The number of rotatable bonds is 4. The number of aliphatic carboxylic acids is 1. The zero-order valence-corrected chi connectivity index (χ0v) is 8.99. The molecule has 1 aromatic carbocycles. The fourth-order valence-electron chi connectivity index (χ4n) is 2.03. The Hall–Kier alpha value is -1.31. The highest BCUT2D eigenvalue weighted by Gasteiger charge is 2.51. The van der Waals surface area contributed by atoms with E-state index in [1.807, 2.05) is 12.1 Å². The molecule has 0 amide bonds. The summed E-state index contributed by atoms with van der Waals surface area (Å²) in [4.78, 5) is 11.1. The van der Waals surface area contributed by atoms with Gasteiger partial charge in [0.2, 0.25) is 0 Å². The minimum Gasteiger partial charge on any atom is -0.481 e. The van der Waals surface area contributed by atoms with E-state index in [0.29, 0.717) is 0 Å². The van der Waals surface area contributed by atoms with Crippen LogP contribution >= 0.6 is 0 Å². The molecule has 2 heteroatoms. The topological polar surface area (TPSA) is 37.3 Å². The van der Waals surface area contributed by atoms with Gasteiger partial charge in [-0.15, -0.1) is 0 Å². The molecular weight excluding hydrogens is 188 g/mol. The highest BCUT2D eigenvalue weighted by Crippen LogP contribution is 2.48. The van der Waals surface area contributed by atoms with Gasteiger partial charge in [-0.1, -0.05) is 37.6 Å². The lowest BCUT2D eigenvalue weighted by atomic mass is 9.94. The molecule has 0 saturated heterocycles. The van der Waals surface area contributed by atoms with Crippen LogP contribution in [0.5, 0.6) is 0 Å². The van der Waals surface area contributed by atoms with E-state index in [1.165, 1.54) is 5.56 Å². The summed E-state index contributed by atoms with van der Waals surface area (Å²) in [6.07, 6.45) is 3.77. The van der Waals surface area contributed by atoms with Gasteiger partial charge in [0.05, 0.1) is 5.41 Å². The van der Waals surface area contributed by atoms with Crippen LogP contribution in [0.15, 0.2) is 24.3 Å². The maximum atomic E-state index is 11.1. The summed E-state index contributed by atoms with van der Waals surface area (Å²) in [6, 6.07) is 8.07. The molecule has 80 valence electrons. The predicted molar refractivity (Wildman–Crippen MR) is 59.0 cm³/mol. The van der Waals surface area contributed by atoms with E-state index in [1.54, 1.807) is 0 Å². The Morgan fingerprint density at radius 2 is 1.93 bits per heavy atom. The first kappa shape index (κ1) is 10.2. The maximum Gasteiger partial charge on any atom is 0.314 e. The zero-order valence-electron chi connectivity index (χ0n) is 8.99. The van der Waals surface area contributed by atoms with Gasteiger partial charge in [-0.05, 0) is 30.4 Å². The molecule has 2 rings (SSSR count). The van der Waals surface area contributed by atoms with Gasteiger partial charge in [0, 0.05) is 0 Å². The summed E-state index contributed by atoms with van der Waals surface area (Å²) < 4.78 is 0. The van der Waals surface area contributed by atoms with Gasteiger partial charge in [-0.25, -0.2) is 0 Å². The van der Waals surface area contributed by atoms with Crippen LogP contribution in [0, 0.1) is 0 Å². The fraction of sp³-hybridized carbons (Fsp3) is 0.462. The number of carbonyl (C=O) groups is 1. The SMILES string of the molecule is CCCc1ccc(C2(C(=O)O)CC2)cc1. The van der Waals surface area contributed by atoms with Crippen LogP contribution in [0.2, 0.25) is 0 Å². The third-order valence-electron chi connectivity index (χ3n) is 3.20. The summed E-state index contributed by atoms with van der Waals surface area (Å²) in [7, 11) is 0. The van der Waals surface area contributed by atoms with Gasteiger partial charge in [-0.2, -0.15) is 0 Å². The zero-order chi connectivity index (χ0) is 10.9. The number of carboxylic acids is 1. The van der Waals surface area contributed by atoms with Crippen LogP contribution in [0.3, 0.4) is 0 Å². The van der Waals surface area contributed by atoms with Crippen LogP contribution in [0.1, 0.15) is 37.3 Å². The lowest BCUT2D eigenvalue weighted by Gasteiger charge is -2.10. The lowest BCUT2D eigenvalue weighted by Crippen LogP contribution is -2.19. The van der Waals surface area contributed by atoms with Crippen LogP contribution in [0.4, 0.5) is 0 Å². The fourth-order valence-corrected chi connectivity index (χ4v) is 2.03. The average Bonchev–Trinajstić information content (AvgIpc) is 3.00. The molecule has 1 saturated carbocycles. The molecule has 0 radical (unpaired) electrons. The van der Waals surface area contributed by atoms with Crippen molar-refractivity contribution in [1.82, 2.24) is 0 Å². The first-order chi connectivity index (χ1) is 7.19. The van der Waals surface area contributed by atoms with Gasteiger partial charge in [-0.3, -0.25) is 4.79 Å². The molecule has 1 aliphatic rings. The van der Waals surface area contributed by atoms with E-state index in [2.05, 4.69) is 19.1 Å². The molecule has 1 N–H and O–H groups in total.